The van der Waals surface area contributed by atoms with Crippen LogP contribution in [0.25, 0.3) is 0 Å². The van der Waals surface area contributed by atoms with Crippen molar-refractivity contribution in [3.05, 3.63) is 64.1 Å². The van der Waals surface area contributed by atoms with Crippen LogP contribution in [-0.2, 0) is 22.1 Å². The molecule has 2 aromatic rings. The van der Waals surface area contributed by atoms with Crippen molar-refractivity contribution < 1.29 is 14.0 Å². The number of rotatable bonds is 14. The molecule has 0 saturated carbocycles. The van der Waals surface area contributed by atoms with E-state index < -0.39 is 8.25 Å². The molecule has 7 heteroatoms. The van der Waals surface area contributed by atoms with E-state index in [9.17, 15) is 4.57 Å². The Balaban J connectivity index is 1.58. The highest BCUT2D eigenvalue weighted by Gasteiger charge is 2.03. The summed E-state index contributed by atoms with van der Waals surface area (Å²) in [5, 5.41) is 3.32. The molecule has 0 saturated heterocycles. The first-order valence-corrected chi connectivity index (χ1v) is 12.7. The van der Waals surface area contributed by atoms with Crippen LogP contribution in [0.5, 0.6) is 0 Å². The molecule has 2 aromatic carbocycles. The van der Waals surface area contributed by atoms with Gasteiger partial charge in [-0.2, -0.15) is 0 Å². The minimum atomic E-state index is -2.80. The van der Waals surface area contributed by atoms with Crippen molar-refractivity contribution >= 4 is 35.9 Å². The zero-order chi connectivity index (χ0) is 20.0. The zero-order valence-corrected chi connectivity index (χ0v) is 19.4. The third-order valence-electron chi connectivity index (χ3n) is 4.26. The number of halogens is 1. The van der Waals surface area contributed by atoms with Crippen LogP contribution < -0.4 is 5.32 Å². The van der Waals surface area contributed by atoms with E-state index >= 15 is 0 Å². The second-order valence-corrected chi connectivity index (χ2v) is 9.37. The van der Waals surface area contributed by atoms with Gasteiger partial charge in [-0.25, -0.2) is 0 Å². The Kier molecular flexibility index (Phi) is 12.1. The molecule has 1 atom stereocenters. The molecule has 0 aliphatic carbocycles. The average Bonchev–Trinajstić information content (AvgIpc) is 2.69. The fourth-order valence-electron chi connectivity index (χ4n) is 2.80. The van der Waals surface area contributed by atoms with Crippen LogP contribution in [0, 0.1) is 0 Å². The van der Waals surface area contributed by atoms with Gasteiger partial charge in [0.15, 0.2) is 0 Å². The molecule has 0 spiro atoms. The molecule has 0 bridgehead atoms. The van der Waals surface area contributed by atoms with Gasteiger partial charge < -0.3 is 14.7 Å². The highest BCUT2D eigenvalue weighted by Crippen LogP contribution is 2.29. The van der Waals surface area contributed by atoms with Crippen LogP contribution in [0.1, 0.15) is 36.8 Å². The summed E-state index contributed by atoms with van der Waals surface area (Å²) < 4.78 is 16.3. The molecule has 28 heavy (non-hydrogen) atoms. The summed E-state index contributed by atoms with van der Waals surface area (Å²) in [4.78, 5) is 9.88. The fraction of sp³-hybridized carbons (Fsp3) is 0.429. The van der Waals surface area contributed by atoms with Gasteiger partial charge in [-0.05, 0) is 77.2 Å². The minimum Gasteiger partial charge on any atom is -0.326 e. The Bertz CT molecular complexity index is 718. The molecule has 0 aliphatic heterocycles. The van der Waals surface area contributed by atoms with Gasteiger partial charge in [0.2, 0.25) is 0 Å². The largest absolute Gasteiger partial charge is 0.326 e. The lowest BCUT2D eigenvalue weighted by atomic mass is 10.1. The maximum Gasteiger partial charge on any atom is 0.316 e. The van der Waals surface area contributed by atoms with Crippen molar-refractivity contribution in [3.8, 4) is 0 Å². The van der Waals surface area contributed by atoms with Crippen molar-refractivity contribution in [1.29, 1.82) is 0 Å². The van der Waals surface area contributed by atoms with Crippen LogP contribution in [0.4, 0.5) is 0 Å². The van der Waals surface area contributed by atoms with Crippen LogP contribution in [-0.4, -0.2) is 23.8 Å². The van der Waals surface area contributed by atoms with E-state index in [0.717, 1.165) is 29.7 Å². The maximum atomic E-state index is 10.4. The summed E-state index contributed by atoms with van der Waals surface area (Å²) in [6.45, 7) is 1.84. The van der Waals surface area contributed by atoms with Gasteiger partial charge in [0, 0.05) is 15.9 Å². The predicted molar refractivity (Wildman–Crippen MR) is 122 cm³/mol. The van der Waals surface area contributed by atoms with Crippen LogP contribution in [0.15, 0.2) is 57.9 Å². The van der Waals surface area contributed by atoms with Crippen LogP contribution in [0.3, 0.4) is 0 Å². The quantitative estimate of drug-likeness (QED) is 0.200. The topological polar surface area (TPSA) is 58.6 Å². The molecule has 1 unspecified atom stereocenters. The Morgan fingerprint density at radius 3 is 2.61 bits per heavy atom. The van der Waals surface area contributed by atoms with Crippen molar-refractivity contribution in [2.75, 3.05) is 18.9 Å². The summed E-state index contributed by atoms with van der Waals surface area (Å²) in [6.07, 6.45) is 5.63. The number of hydrogen-bond acceptors (Lipinski definition) is 4. The van der Waals surface area contributed by atoms with Crippen LogP contribution in [0.2, 0.25) is 0 Å². The number of benzene rings is 2. The van der Waals surface area contributed by atoms with E-state index in [1.54, 1.807) is 0 Å². The molecule has 0 aliphatic rings. The normalized spacial score (nSPS) is 12.2. The Morgan fingerprint density at radius 1 is 1.04 bits per heavy atom. The second kappa shape index (κ2) is 14.4. The molecule has 0 amide bonds. The van der Waals surface area contributed by atoms with E-state index in [4.69, 9.17) is 4.89 Å². The number of nitrogens with one attached hydrogen (secondary N) is 1. The molecule has 0 heterocycles. The Hall–Kier alpha value is -0.620. The summed E-state index contributed by atoms with van der Waals surface area (Å²) in [7, 11) is -2.80. The highest BCUT2D eigenvalue weighted by atomic mass is 79.9. The van der Waals surface area contributed by atoms with Crippen molar-refractivity contribution in [2.45, 2.75) is 43.5 Å². The zero-order valence-electron chi connectivity index (χ0n) is 16.0. The summed E-state index contributed by atoms with van der Waals surface area (Å²) in [5.41, 5.74) is 2.65. The van der Waals surface area contributed by atoms with E-state index in [1.807, 2.05) is 11.8 Å². The molecule has 0 fully saturated rings. The van der Waals surface area contributed by atoms with E-state index in [0.29, 0.717) is 6.61 Å². The minimum absolute atomic E-state index is 0.311. The van der Waals surface area contributed by atoms with E-state index in [1.165, 1.54) is 41.7 Å². The first-order valence-electron chi connectivity index (χ1n) is 9.67. The van der Waals surface area contributed by atoms with Crippen LogP contribution >= 0.6 is 35.9 Å². The summed E-state index contributed by atoms with van der Waals surface area (Å²) in [5.74, 6) is 1.14. The SMILES string of the molecule is O=[PH](O)OCCCNCc1ccc(SCCCCCc2ccccc2)c(Br)c1. The van der Waals surface area contributed by atoms with E-state index in [2.05, 4.69) is 74.3 Å². The smallest absolute Gasteiger partial charge is 0.316 e. The standard InChI is InChI=1S/C21H29BrNO3PS/c22-20-16-19(17-23-13-7-14-26-27(24)25)11-12-21(20)28-15-6-2-5-10-18-8-3-1-4-9-18/h1,3-4,8-9,11-12,16,23,27H,2,5-7,10,13-15,17H2,(H,24,25). The van der Waals surface area contributed by atoms with Gasteiger partial charge in [0.05, 0.1) is 6.61 Å². The third-order valence-corrected chi connectivity index (χ3v) is 6.79. The van der Waals surface area contributed by atoms with Crippen molar-refractivity contribution in [3.63, 3.8) is 0 Å². The average molecular weight is 486 g/mol. The fourth-order valence-corrected chi connectivity index (χ4v) is 4.81. The lowest BCUT2D eigenvalue weighted by Gasteiger charge is -2.09. The maximum absolute atomic E-state index is 10.4. The van der Waals surface area contributed by atoms with Gasteiger partial charge in [-0.15, -0.1) is 11.8 Å². The van der Waals surface area contributed by atoms with Gasteiger partial charge in [0.1, 0.15) is 0 Å². The second-order valence-electron chi connectivity index (χ2n) is 6.55. The summed E-state index contributed by atoms with van der Waals surface area (Å²) >= 11 is 5.59. The van der Waals surface area contributed by atoms with Crippen molar-refractivity contribution in [2.24, 2.45) is 0 Å². The van der Waals surface area contributed by atoms with E-state index in [-0.39, 0.29) is 0 Å². The molecule has 154 valence electrons. The molecule has 4 nitrogen and oxygen atoms in total. The van der Waals surface area contributed by atoms with Gasteiger partial charge in [0.25, 0.3) is 0 Å². The Labute approximate surface area is 181 Å². The predicted octanol–water partition coefficient (Wildman–Crippen LogP) is 5.83. The van der Waals surface area contributed by atoms with Crippen molar-refractivity contribution in [1.82, 2.24) is 5.32 Å². The highest BCUT2D eigenvalue weighted by molar-refractivity contribution is 9.10. The van der Waals surface area contributed by atoms with Gasteiger partial charge in [-0.3, -0.25) is 4.57 Å². The molecule has 0 aromatic heterocycles. The molecular weight excluding hydrogens is 457 g/mol. The molecule has 2 N–H and O–H groups in total. The first-order chi connectivity index (χ1) is 13.6. The number of unbranched alkanes of at least 4 members (excludes halogenated alkanes) is 2. The Morgan fingerprint density at radius 2 is 1.86 bits per heavy atom. The molecule has 0 radical (unpaired) electrons. The van der Waals surface area contributed by atoms with Gasteiger partial charge in [-0.1, -0.05) is 42.8 Å². The monoisotopic (exact) mass is 485 g/mol. The first kappa shape index (κ1) is 23.7. The summed E-state index contributed by atoms with van der Waals surface area (Å²) in [6, 6.07) is 17.2. The number of aryl methyl sites for hydroxylation is 1. The van der Waals surface area contributed by atoms with Gasteiger partial charge >= 0.3 is 8.25 Å². The third kappa shape index (κ3) is 10.2. The lowest BCUT2D eigenvalue weighted by molar-refractivity contribution is 0.276. The number of hydrogen-bond donors (Lipinski definition) is 2. The molecule has 2 rings (SSSR count). The lowest BCUT2D eigenvalue weighted by Crippen LogP contribution is -2.15. The molecular formula is C21H29BrNO3PS. The number of thioether (sulfide) groups is 1.